The standard InChI is InChI=1S/C11H10ClNO3/c1-6(14)5-11(16)8-3-2-7(12)4-9(8)13-10(11)15/h2-4,16H,5H2,1H3,(H,13,15)/t11-/m0/s1. The van der Waals surface area contributed by atoms with Crippen molar-refractivity contribution in [1.29, 1.82) is 0 Å². The van der Waals surface area contributed by atoms with Crippen molar-refractivity contribution in [2.75, 3.05) is 5.32 Å². The van der Waals surface area contributed by atoms with Crippen LogP contribution in [-0.2, 0) is 15.2 Å². The molecule has 1 aromatic carbocycles. The lowest BCUT2D eigenvalue weighted by atomic mass is 9.90. The number of fused-ring (bicyclic) bond motifs is 1. The van der Waals surface area contributed by atoms with E-state index < -0.39 is 11.5 Å². The summed E-state index contributed by atoms with van der Waals surface area (Å²) >= 11 is 5.77. The fraction of sp³-hybridized carbons (Fsp3) is 0.273. The predicted molar refractivity (Wildman–Crippen MR) is 59.3 cm³/mol. The summed E-state index contributed by atoms with van der Waals surface area (Å²) in [6.45, 7) is 1.33. The van der Waals surface area contributed by atoms with Gasteiger partial charge in [0.15, 0.2) is 5.60 Å². The number of halogens is 1. The molecule has 1 aliphatic heterocycles. The summed E-state index contributed by atoms with van der Waals surface area (Å²) in [5.41, 5.74) is -0.899. The van der Waals surface area contributed by atoms with Crippen molar-refractivity contribution in [3.05, 3.63) is 28.8 Å². The monoisotopic (exact) mass is 239 g/mol. The van der Waals surface area contributed by atoms with Crippen molar-refractivity contribution in [2.24, 2.45) is 0 Å². The smallest absolute Gasteiger partial charge is 0.261 e. The van der Waals surface area contributed by atoms with Crippen LogP contribution in [-0.4, -0.2) is 16.8 Å². The second-order valence-corrected chi connectivity index (χ2v) is 4.32. The molecule has 0 spiro atoms. The van der Waals surface area contributed by atoms with E-state index in [-0.39, 0.29) is 12.2 Å². The van der Waals surface area contributed by atoms with Crippen LogP contribution in [0.25, 0.3) is 0 Å². The first-order valence-corrected chi connectivity index (χ1v) is 5.14. The highest BCUT2D eigenvalue weighted by atomic mass is 35.5. The summed E-state index contributed by atoms with van der Waals surface area (Å²) in [6.07, 6.45) is -0.229. The molecule has 0 aromatic heterocycles. The number of nitrogens with one attached hydrogen (secondary N) is 1. The maximum atomic E-state index is 11.6. The molecule has 1 amide bonds. The fourth-order valence-electron chi connectivity index (χ4n) is 1.86. The molecular weight excluding hydrogens is 230 g/mol. The van der Waals surface area contributed by atoms with Crippen LogP contribution in [0.2, 0.25) is 5.02 Å². The third kappa shape index (κ3) is 1.60. The Hall–Kier alpha value is -1.39. The molecule has 16 heavy (non-hydrogen) atoms. The largest absolute Gasteiger partial charge is 0.375 e. The van der Waals surface area contributed by atoms with Gasteiger partial charge in [0.25, 0.3) is 5.91 Å². The van der Waals surface area contributed by atoms with Crippen LogP contribution in [0.1, 0.15) is 18.9 Å². The van der Waals surface area contributed by atoms with Crippen molar-refractivity contribution in [1.82, 2.24) is 0 Å². The minimum atomic E-state index is -1.76. The zero-order chi connectivity index (χ0) is 11.9. The Kier molecular flexibility index (Phi) is 2.48. The zero-order valence-corrected chi connectivity index (χ0v) is 9.34. The van der Waals surface area contributed by atoms with Crippen LogP contribution in [0.5, 0.6) is 0 Å². The Bertz CT molecular complexity index is 486. The summed E-state index contributed by atoms with van der Waals surface area (Å²) in [5, 5.41) is 13.2. The van der Waals surface area contributed by atoms with E-state index in [1.54, 1.807) is 18.2 Å². The number of hydrogen-bond acceptors (Lipinski definition) is 3. The lowest BCUT2D eigenvalue weighted by Crippen LogP contribution is -2.35. The van der Waals surface area contributed by atoms with E-state index in [0.717, 1.165) is 0 Å². The van der Waals surface area contributed by atoms with Gasteiger partial charge < -0.3 is 10.4 Å². The van der Waals surface area contributed by atoms with Crippen molar-refractivity contribution < 1.29 is 14.7 Å². The molecule has 0 radical (unpaired) electrons. The quantitative estimate of drug-likeness (QED) is 0.821. The summed E-state index contributed by atoms with van der Waals surface area (Å²) in [5.74, 6) is -0.833. The van der Waals surface area contributed by atoms with Crippen molar-refractivity contribution >= 4 is 29.0 Å². The number of hydrogen-bond donors (Lipinski definition) is 2. The molecule has 0 fully saturated rings. The van der Waals surface area contributed by atoms with E-state index >= 15 is 0 Å². The number of carbonyl (C=O) groups is 2. The number of amides is 1. The molecule has 5 heteroatoms. The van der Waals surface area contributed by atoms with Gasteiger partial charge >= 0.3 is 0 Å². The van der Waals surface area contributed by atoms with Crippen LogP contribution < -0.4 is 5.32 Å². The van der Waals surface area contributed by atoms with Crippen LogP contribution in [0.3, 0.4) is 0 Å². The van der Waals surface area contributed by atoms with Gasteiger partial charge in [0, 0.05) is 22.7 Å². The molecule has 1 aromatic rings. The normalized spacial score (nSPS) is 22.8. The molecule has 4 nitrogen and oxygen atoms in total. The predicted octanol–water partition coefficient (Wildman–Crippen LogP) is 1.46. The molecule has 0 unspecified atom stereocenters. The molecule has 0 saturated carbocycles. The molecule has 1 atom stereocenters. The Balaban J connectivity index is 2.51. The number of aliphatic hydroxyl groups is 1. The molecule has 2 rings (SSSR count). The van der Waals surface area contributed by atoms with Crippen molar-refractivity contribution in [2.45, 2.75) is 18.9 Å². The summed E-state index contributed by atoms with van der Waals surface area (Å²) in [4.78, 5) is 22.7. The van der Waals surface area contributed by atoms with E-state index in [2.05, 4.69) is 5.32 Å². The number of benzene rings is 1. The van der Waals surface area contributed by atoms with E-state index in [9.17, 15) is 14.7 Å². The minimum Gasteiger partial charge on any atom is -0.375 e. The second-order valence-electron chi connectivity index (χ2n) is 3.88. The Labute approximate surface area is 97.2 Å². The number of Topliss-reactive ketones (excluding diaryl/α,β-unsaturated/α-hetero) is 1. The van der Waals surface area contributed by atoms with Gasteiger partial charge in [0.05, 0.1) is 0 Å². The lowest BCUT2D eigenvalue weighted by molar-refractivity contribution is -0.139. The molecule has 1 aliphatic rings. The zero-order valence-electron chi connectivity index (χ0n) is 8.58. The van der Waals surface area contributed by atoms with E-state index in [1.807, 2.05) is 0 Å². The van der Waals surface area contributed by atoms with Crippen LogP contribution in [0, 0.1) is 0 Å². The second kappa shape index (κ2) is 3.57. The maximum absolute atomic E-state index is 11.6. The minimum absolute atomic E-state index is 0.229. The van der Waals surface area contributed by atoms with Gasteiger partial charge in [-0.3, -0.25) is 9.59 Å². The van der Waals surface area contributed by atoms with Crippen LogP contribution in [0.4, 0.5) is 5.69 Å². The molecule has 0 aliphatic carbocycles. The van der Waals surface area contributed by atoms with Gasteiger partial charge in [-0.25, -0.2) is 0 Å². The van der Waals surface area contributed by atoms with Gasteiger partial charge in [0.1, 0.15) is 5.78 Å². The van der Waals surface area contributed by atoms with Gasteiger partial charge in [-0.05, 0) is 19.1 Å². The summed E-state index contributed by atoms with van der Waals surface area (Å²) in [6, 6.07) is 4.68. The van der Waals surface area contributed by atoms with E-state index in [0.29, 0.717) is 16.3 Å². The maximum Gasteiger partial charge on any atom is 0.261 e. The molecule has 84 valence electrons. The van der Waals surface area contributed by atoms with Gasteiger partial charge in [-0.1, -0.05) is 17.7 Å². The van der Waals surface area contributed by atoms with E-state index in [1.165, 1.54) is 6.92 Å². The summed E-state index contributed by atoms with van der Waals surface area (Å²) < 4.78 is 0. The Morgan fingerprint density at radius 3 is 2.88 bits per heavy atom. The van der Waals surface area contributed by atoms with E-state index in [4.69, 9.17) is 11.6 Å². The number of ketones is 1. The topological polar surface area (TPSA) is 66.4 Å². The van der Waals surface area contributed by atoms with Crippen LogP contribution >= 0.6 is 11.6 Å². The molecule has 0 bridgehead atoms. The number of rotatable bonds is 2. The van der Waals surface area contributed by atoms with Gasteiger partial charge in [-0.15, -0.1) is 0 Å². The van der Waals surface area contributed by atoms with Crippen molar-refractivity contribution in [3.63, 3.8) is 0 Å². The average Bonchev–Trinajstić information content (AvgIpc) is 2.37. The van der Waals surface area contributed by atoms with Crippen LogP contribution in [0.15, 0.2) is 18.2 Å². The third-order valence-corrected chi connectivity index (χ3v) is 2.79. The van der Waals surface area contributed by atoms with Crippen molar-refractivity contribution in [3.8, 4) is 0 Å². The highest BCUT2D eigenvalue weighted by Gasteiger charge is 2.45. The highest BCUT2D eigenvalue weighted by molar-refractivity contribution is 6.31. The first-order chi connectivity index (χ1) is 7.43. The average molecular weight is 240 g/mol. The molecule has 2 N–H and O–H groups in total. The lowest BCUT2D eigenvalue weighted by Gasteiger charge is -2.18. The molecule has 1 heterocycles. The first kappa shape index (κ1) is 11.1. The van der Waals surface area contributed by atoms with Gasteiger partial charge in [-0.2, -0.15) is 0 Å². The first-order valence-electron chi connectivity index (χ1n) is 4.77. The fourth-order valence-corrected chi connectivity index (χ4v) is 2.04. The SMILES string of the molecule is CC(=O)C[C@@]1(O)C(=O)Nc2cc(Cl)ccc21. The third-order valence-electron chi connectivity index (χ3n) is 2.56. The van der Waals surface area contributed by atoms with Gasteiger partial charge in [0.2, 0.25) is 0 Å². The molecule has 0 saturated heterocycles. The Morgan fingerprint density at radius 2 is 2.25 bits per heavy atom. The Morgan fingerprint density at radius 1 is 1.56 bits per heavy atom. The number of anilines is 1. The summed E-state index contributed by atoms with van der Waals surface area (Å²) in [7, 11) is 0. The highest BCUT2D eigenvalue weighted by Crippen LogP contribution is 2.39. The number of carbonyl (C=O) groups excluding carboxylic acids is 2. The molecular formula is C11H10ClNO3.